The standard InChI is InChI=1S/C25H25F4N5O3/c26-21(27)15-2-1-3-18-16(15)9-19(33-18)24(37)34-14-4-5-17(25(28,29)10-14)20(34)23(36)32-13(11-30)8-12-6-7-31-22(12)35/h1-3,9,12-14,17,20-21,33H,4-8,10H2,(H,31,35)(H,32,36)/t12-,13+,14+,17+,20-/m0/s1. The van der Waals surface area contributed by atoms with Crippen molar-refractivity contribution in [2.45, 2.75) is 62.6 Å². The fraction of sp³-hybridized carbons (Fsp3) is 0.520. The highest BCUT2D eigenvalue weighted by Crippen LogP contribution is 2.49. The van der Waals surface area contributed by atoms with E-state index in [2.05, 4.69) is 15.6 Å². The second-order valence-corrected chi connectivity index (χ2v) is 9.95. The minimum Gasteiger partial charge on any atom is -0.356 e. The van der Waals surface area contributed by atoms with Crippen LogP contribution in [0.4, 0.5) is 17.6 Å². The molecule has 3 amide bonds. The second kappa shape index (κ2) is 9.36. The van der Waals surface area contributed by atoms with Gasteiger partial charge in [-0.1, -0.05) is 12.1 Å². The van der Waals surface area contributed by atoms with Gasteiger partial charge in [-0.3, -0.25) is 14.4 Å². The van der Waals surface area contributed by atoms with Gasteiger partial charge in [-0.25, -0.2) is 17.6 Å². The number of piperidine rings is 2. The number of halogens is 4. The van der Waals surface area contributed by atoms with Gasteiger partial charge >= 0.3 is 0 Å². The first kappa shape index (κ1) is 25.0. The summed E-state index contributed by atoms with van der Waals surface area (Å²) >= 11 is 0. The van der Waals surface area contributed by atoms with Gasteiger partial charge in [0.2, 0.25) is 11.8 Å². The minimum atomic E-state index is -3.20. The maximum absolute atomic E-state index is 14.9. The van der Waals surface area contributed by atoms with Crippen molar-refractivity contribution in [3.8, 4) is 6.07 Å². The Kier molecular flexibility index (Phi) is 6.33. The molecule has 0 unspecified atom stereocenters. The summed E-state index contributed by atoms with van der Waals surface area (Å²) in [6, 6.07) is 3.75. The van der Waals surface area contributed by atoms with Crippen LogP contribution in [0.2, 0.25) is 0 Å². The van der Waals surface area contributed by atoms with Gasteiger partial charge in [-0.05, 0) is 37.8 Å². The summed E-state index contributed by atoms with van der Waals surface area (Å²) in [4.78, 5) is 42.8. The van der Waals surface area contributed by atoms with Crippen LogP contribution in [0.1, 0.15) is 54.6 Å². The Morgan fingerprint density at radius 3 is 2.68 bits per heavy atom. The van der Waals surface area contributed by atoms with Gasteiger partial charge in [0.15, 0.2) is 0 Å². The first-order chi connectivity index (χ1) is 17.6. The lowest BCUT2D eigenvalue weighted by Crippen LogP contribution is -2.68. The van der Waals surface area contributed by atoms with Crippen molar-refractivity contribution in [2.75, 3.05) is 6.54 Å². The molecule has 0 radical (unpaired) electrons. The van der Waals surface area contributed by atoms with Crippen molar-refractivity contribution < 1.29 is 31.9 Å². The van der Waals surface area contributed by atoms with Gasteiger partial charge in [0.1, 0.15) is 17.8 Å². The average Bonchev–Trinajstić information content (AvgIpc) is 3.47. The number of carbonyl (C=O) groups is 3. The largest absolute Gasteiger partial charge is 0.356 e. The summed E-state index contributed by atoms with van der Waals surface area (Å²) < 4.78 is 56.8. The van der Waals surface area contributed by atoms with Crippen molar-refractivity contribution in [3.05, 3.63) is 35.5 Å². The SMILES string of the molecule is N#C[C@@H](C[C@@H]1CCNC1=O)NC(=O)[C@@H]1[C@H]2CC[C@H](CC2(F)F)N1C(=O)c1cc2c(C(F)F)cccc2[nH]1. The molecule has 1 aromatic carbocycles. The van der Waals surface area contributed by atoms with Crippen LogP contribution in [0.25, 0.3) is 10.9 Å². The zero-order chi connectivity index (χ0) is 26.5. The molecular formula is C25H25F4N5O3. The van der Waals surface area contributed by atoms with Gasteiger partial charge in [-0.15, -0.1) is 0 Å². The number of amides is 3. The van der Waals surface area contributed by atoms with Crippen LogP contribution in [0.5, 0.6) is 0 Å². The number of hydrogen-bond donors (Lipinski definition) is 3. The van der Waals surface area contributed by atoms with Gasteiger partial charge < -0.3 is 20.5 Å². The molecule has 2 aromatic rings. The summed E-state index contributed by atoms with van der Waals surface area (Å²) in [5, 5.41) is 14.8. The zero-order valence-electron chi connectivity index (χ0n) is 19.6. The van der Waals surface area contributed by atoms with Crippen LogP contribution in [0.3, 0.4) is 0 Å². The quantitative estimate of drug-likeness (QED) is 0.508. The lowest BCUT2D eigenvalue weighted by molar-refractivity contribution is -0.179. The summed E-state index contributed by atoms with van der Waals surface area (Å²) in [7, 11) is 0. The van der Waals surface area contributed by atoms with Crippen molar-refractivity contribution >= 4 is 28.6 Å². The third-order valence-electron chi connectivity index (χ3n) is 7.76. The van der Waals surface area contributed by atoms with E-state index in [1.165, 1.54) is 24.3 Å². The number of alkyl halides is 4. The topological polar surface area (TPSA) is 118 Å². The van der Waals surface area contributed by atoms with E-state index in [9.17, 15) is 37.2 Å². The summed E-state index contributed by atoms with van der Waals surface area (Å²) in [6.07, 6.45) is -2.59. The Bertz CT molecular complexity index is 1290. The number of carbonyl (C=O) groups excluding carboxylic acids is 3. The Balaban J connectivity index is 1.44. The molecule has 6 rings (SSSR count). The lowest BCUT2D eigenvalue weighted by atomic mass is 9.71. The Morgan fingerprint density at radius 1 is 1.24 bits per heavy atom. The summed E-state index contributed by atoms with van der Waals surface area (Å²) in [5.41, 5.74) is -0.0770. The number of nitrogens with one attached hydrogen (secondary N) is 3. The van der Waals surface area contributed by atoms with Gasteiger partial charge in [-0.2, -0.15) is 5.26 Å². The number of benzene rings is 1. The molecule has 2 bridgehead atoms. The molecule has 0 spiro atoms. The number of rotatable bonds is 6. The van der Waals surface area contributed by atoms with Crippen molar-refractivity contribution in [1.29, 1.82) is 5.26 Å². The molecule has 1 aromatic heterocycles. The molecule has 3 aliphatic heterocycles. The highest BCUT2D eigenvalue weighted by atomic mass is 19.3. The molecule has 12 heteroatoms. The van der Waals surface area contributed by atoms with Crippen LogP contribution in [-0.4, -0.2) is 58.2 Å². The molecule has 3 saturated heterocycles. The van der Waals surface area contributed by atoms with E-state index >= 15 is 0 Å². The number of fused-ring (bicyclic) bond motifs is 4. The maximum Gasteiger partial charge on any atom is 0.271 e. The molecule has 4 aliphatic rings. The Morgan fingerprint density at radius 2 is 2.03 bits per heavy atom. The highest BCUT2D eigenvalue weighted by Gasteiger charge is 2.60. The van der Waals surface area contributed by atoms with Crippen LogP contribution in [0.15, 0.2) is 24.3 Å². The van der Waals surface area contributed by atoms with E-state index in [-0.39, 0.29) is 47.3 Å². The van der Waals surface area contributed by atoms with E-state index in [0.717, 1.165) is 4.90 Å². The fourth-order valence-corrected chi connectivity index (χ4v) is 5.98. The minimum absolute atomic E-state index is 0.0179. The zero-order valence-corrected chi connectivity index (χ0v) is 19.6. The number of nitrogens with zero attached hydrogens (tertiary/aromatic N) is 2. The van der Waals surface area contributed by atoms with Gasteiger partial charge in [0, 0.05) is 41.4 Å². The second-order valence-electron chi connectivity index (χ2n) is 9.95. The van der Waals surface area contributed by atoms with Crippen molar-refractivity contribution in [2.24, 2.45) is 11.8 Å². The first-order valence-corrected chi connectivity index (χ1v) is 12.2. The molecule has 1 saturated carbocycles. The van der Waals surface area contributed by atoms with Crippen LogP contribution >= 0.6 is 0 Å². The third-order valence-corrected chi connectivity index (χ3v) is 7.76. The van der Waals surface area contributed by atoms with E-state index in [1.54, 1.807) is 0 Å². The van der Waals surface area contributed by atoms with E-state index in [0.29, 0.717) is 13.0 Å². The van der Waals surface area contributed by atoms with E-state index in [4.69, 9.17) is 0 Å². The van der Waals surface area contributed by atoms with Gasteiger partial charge in [0.25, 0.3) is 18.3 Å². The first-order valence-electron chi connectivity index (χ1n) is 12.2. The predicted molar refractivity (Wildman–Crippen MR) is 123 cm³/mol. The molecular weight excluding hydrogens is 494 g/mol. The van der Waals surface area contributed by atoms with E-state index < -0.39 is 60.5 Å². The Hall–Kier alpha value is -3.62. The van der Waals surface area contributed by atoms with Gasteiger partial charge in [0.05, 0.1) is 12.0 Å². The van der Waals surface area contributed by atoms with Crippen LogP contribution < -0.4 is 10.6 Å². The maximum atomic E-state index is 14.9. The monoisotopic (exact) mass is 519 g/mol. The molecule has 1 aliphatic carbocycles. The number of hydrogen-bond acceptors (Lipinski definition) is 4. The fourth-order valence-electron chi connectivity index (χ4n) is 5.98. The molecule has 37 heavy (non-hydrogen) atoms. The van der Waals surface area contributed by atoms with Crippen LogP contribution in [-0.2, 0) is 9.59 Å². The lowest BCUT2D eigenvalue weighted by Gasteiger charge is -2.53. The number of aromatic nitrogens is 1. The number of H-pyrrole nitrogens is 1. The molecule has 8 nitrogen and oxygen atoms in total. The van der Waals surface area contributed by atoms with Crippen molar-refractivity contribution in [1.82, 2.24) is 20.5 Å². The van der Waals surface area contributed by atoms with Crippen LogP contribution in [0, 0.1) is 23.2 Å². The predicted octanol–water partition coefficient (Wildman–Crippen LogP) is 3.27. The van der Waals surface area contributed by atoms with E-state index in [1.807, 2.05) is 6.07 Å². The third kappa shape index (κ3) is 4.40. The summed E-state index contributed by atoms with van der Waals surface area (Å²) in [6.45, 7) is 0.453. The number of aromatic amines is 1. The molecule has 3 N–H and O–H groups in total. The normalized spacial score (nSPS) is 27.2. The molecule has 196 valence electrons. The molecule has 4 heterocycles. The van der Waals surface area contributed by atoms with Crippen molar-refractivity contribution in [3.63, 3.8) is 0 Å². The molecule has 5 atom stereocenters. The highest BCUT2D eigenvalue weighted by molar-refractivity contribution is 6.01. The summed E-state index contributed by atoms with van der Waals surface area (Å²) in [5.74, 6) is -7.02. The molecule has 4 fully saturated rings. The smallest absolute Gasteiger partial charge is 0.271 e. The average molecular weight is 519 g/mol. The Labute approximate surface area is 209 Å². The number of nitriles is 1.